The molecule has 0 spiro atoms. The summed E-state index contributed by atoms with van der Waals surface area (Å²) in [6.45, 7) is 12.7. The van der Waals surface area contributed by atoms with E-state index in [9.17, 15) is 25.2 Å². The van der Waals surface area contributed by atoms with E-state index in [1.54, 1.807) is 27.7 Å². The maximum atomic E-state index is 12.6. The molecule has 0 aromatic carbocycles. The van der Waals surface area contributed by atoms with Crippen LogP contribution in [-0.4, -0.2) is 68.5 Å². The Balaban J connectivity index is 3.19. The second kappa shape index (κ2) is 9.85. The fourth-order valence-corrected chi connectivity index (χ4v) is 4.41. The Kier molecular flexibility index (Phi) is 8.90. The maximum absolute atomic E-state index is 12.6. The van der Waals surface area contributed by atoms with Crippen molar-refractivity contribution in [3.63, 3.8) is 0 Å². The van der Waals surface area contributed by atoms with Crippen molar-refractivity contribution in [3.8, 4) is 0 Å². The lowest BCUT2D eigenvalue weighted by Crippen LogP contribution is -2.58. The topological polar surface area (TPSA) is 119 Å². The van der Waals surface area contributed by atoms with Crippen LogP contribution in [0.2, 0.25) is 0 Å². The SMILES string of the molecule is CC[C@H]1OC(=O)[C@H](C)[C@@H](O)[C@H](C)C[C@@](C)(O)C[C@@H](C)CN[C@H](C)[C@@H](O)[C@]1(C)O. The van der Waals surface area contributed by atoms with Gasteiger partial charge in [-0.2, -0.15) is 0 Å². The van der Waals surface area contributed by atoms with E-state index in [0.717, 1.165) is 0 Å². The van der Waals surface area contributed by atoms with Gasteiger partial charge in [0, 0.05) is 6.04 Å². The van der Waals surface area contributed by atoms with E-state index in [4.69, 9.17) is 4.74 Å². The molecule has 166 valence electrons. The molecule has 1 saturated heterocycles. The molecule has 1 aliphatic rings. The zero-order chi connectivity index (χ0) is 21.9. The lowest BCUT2D eigenvalue weighted by atomic mass is 9.81. The van der Waals surface area contributed by atoms with Crippen LogP contribution in [0.15, 0.2) is 0 Å². The third-order valence-electron chi connectivity index (χ3n) is 6.16. The number of carbonyl (C=O) groups is 1. The van der Waals surface area contributed by atoms with Crippen LogP contribution in [0.4, 0.5) is 0 Å². The average Bonchev–Trinajstić information content (AvgIpc) is 2.59. The number of aliphatic hydroxyl groups excluding tert-OH is 2. The molecular formula is C21H41NO6. The van der Waals surface area contributed by atoms with Crippen molar-refractivity contribution in [2.75, 3.05) is 6.54 Å². The van der Waals surface area contributed by atoms with Gasteiger partial charge in [0.05, 0.1) is 17.6 Å². The van der Waals surface area contributed by atoms with E-state index < -0.39 is 47.4 Å². The highest BCUT2D eigenvalue weighted by molar-refractivity contribution is 5.73. The molecule has 0 radical (unpaired) electrons. The van der Waals surface area contributed by atoms with E-state index in [0.29, 0.717) is 25.8 Å². The highest BCUT2D eigenvalue weighted by atomic mass is 16.6. The standard InChI is InChI=1S/C21H41NO6/c1-8-16-21(7,27)18(24)15(5)22-11-12(2)9-20(6,26)10-13(3)17(23)14(4)19(25)28-16/h12-18,22-24,26-27H,8-11H2,1-7H3/t12-,13-,14-,15-,16-,17+,18-,20+,21-/m1/s1. The predicted octanol–water partition coefficient (Wildman–Crippen LogP) is 1.21. The fourth-order valence-electron chi connectivity index (χ4n) is 4.41. The van der Waals surface area contributed by atoms with Crippen molar-refractivity contribution in [1.29, 1.82) is 0 Å². The molecule has 0 aromatic rings. The van der Waals surface area contributed by atoms with Gasteiger partial charge in [0.2, 0.25) is 0 Å². The number of esters is 1. The normalized spacial score (nSPS) is 47.7. The van der Waals surface area contributed by atoms with Crippen LogP contribution in [0.3, 0.4) is 0 Å². The van der Waals surface area contributed by atoms with Gasteiger partial charge in [-0.3, -0.25) is 4.79 Å². The molecule has 5 N–H and O–H groups in total. The van der Waals surface area contributed by atoms with Crippen LogP contribution in [0.1, 0.15) is 67.7 Å². The molecule has 1 heterocycles. The van der Waals surface area contributed by atoms with Gasteiger partial charge in [0.25, 0.3) is 0 Å². The van der Waals surface area contributed by atoms with E-state index in [-0.39, 0.29) is 11.8 Å². The molecule has 0 saturated carbocycles. The van der Waals surface area contributed by atoms with Gasteiger partial charge >= 0.3 is 5.97 Å². The third kappa shape index (κ3) is 6.39. The molecular weight excluding hydrogens is 362 g/mol. The number of hydrogen-bond acceptors (Lipinski definition) is 7. The van der Waals surface area contributed by atoms with Gasteiger partial charge in [-0.15, -0.1) is 0 Å². The summed E-state index contributed by atoms with van der Waals surface area (Å²) in [6.07, 6.45) is -1.87. The van der Waals surface area contributed by atoms with Crippen LogP contribution in [0.25, 0.3) is 0 Å². The minimum atomic E-state index is -1.65. The number of aliphatic hydroxyl groups is 4. The van der Waals surface area contributed by atoms with Gasteiger partial charge in [0.15, 0.2) is 0 Å². The molecule has 0 bridgehead atoms. The molecule has 1 fully saturated rings. The van der Waals surface area contributed by atoms with Crippen molar-refractivity contribution in [3.05, 3.63) is 0 Å². The van der Waals surface area contributed by atoms with Crippen LogP contribution in [-0.2, 0) is 9.53 Å². The Bertz CT molecular complexity index is 509. The quantitative estimate of drug-likeness (QED) is 0.418. The number of rotatable bonds is 1. The lowest BCUT2D eigenvalue weighted by Gasteiger charge is -2.39. The Morgan fingerprint density at radius 3 is 2.21 bits per heavy atom. The average molecular weight is 404 g/mol. The molecule has 0 unspecified atom stereocenters. The molecule has 1 rings (SSSR count). The Hall–Kier alpha value is -0.730. The predicted molar refractivity (Wildman–Crippen MR) is 108 cm³/mol. The summed E-state index contributed by atoms with van der Waals surface area (Å²) in [5.74, 6) is -1.64. The summed E-state index contributed by atoms with van der Waals surface area (Å²) in [6, 6.07) is -0.442. The maximum Gasteiger partial charge on any atom is 0.311 e. The summed E-state index contributed by atoms with van der Waals surface area (Å²) in [5.41, 5.74) is -2.65. The highest BCUT2D eigenvalue weighted by Crippen LogP contribution is 2.30. The number of cyclic esters (lactones) is 1. The largest absolute Gasteiger partial charge is 0.459 e. The van der Waals surface area contributed by atoms with Crippen LogP contribution >= 0.6 is 0 Å². The summed E-state index contributed by atoms with van der Waals surface area (Å²) in [5, 5.41) is 46.3. The lowest BCUT2D eigenvalue weighted by molar-refractivity contribution is -0.189. The van der Waals surface area contributed by atoms with Gasteiger partial charge < -0.3 is 30.5 Å². The van der Waals surface area contributed by atoms with Gasteiger partial charge in [-0.25, -0.2) is 0 Å². The second-order valence-corrected chi connectivity index (χ2v) is 9.47. The van der Waals surface area contributed by atoms with Gasteiger partial charge in [-0.05, 0) is 65.3 Å². The van der Waals surface area contributed by atoms with Crippen LogP contribution in [0.5, 0.6) is 0 Å². The minimum Gasteiger partial charge on any atom is -0.459 e. The Labute approximate surface area is 169 Å². The molecule has 9 atom stereocenters. The summed E-state index contributed by atoms with van der Waals surface area (Å²) in [7, 11) is 0. The molecule has 7 nitrogen and oxygen atoms in total. The molecule has 0 aliphatic carbocycles. The van der Waals surface area contributed by atoms with Crippen LogP contribution < -0.4 is 5.32 Å². The Morgan fingerprint density at radius 1 is 1.11 bits per heavy atom. The number of nitrogens with one attached hydrogen (secondary N) is 1. The molecule has 0 amide bonds. The van der Waals surface area contributed by atoms with Crippen LogP contribution in [0, 0.1) is 17.8 Å². The van der Waals surface area contributed by atoms with Crippen molar-refractivity contribution in [1.82, 2.24) is 5.32 Å². The first kappa shape index (κ1) is 25.3. The third-order valence-corrected chi connectivity index (χ3v) is 6.16. The monoisotopic (exact) mass is 403 g/mol. The summed E-state index contributed by atoms with van der Waals surface area (Å²) in [4.78, 5) is 12.6. The highest BCUT2D eigenvalue weighted by Gasteiger charge is 2.44. The molecule has 28 heavy (non-hydrogen) atoms. The number of ether oxygens (including phenoxy) is 1. The first-order valence-electron chi connectivity index (χ1n) is 10.5. The van der Waals surface area contributed by atoms with Gasteiger partial charge in [0.1, 0.15) is 17.8 Å². The first-order chi connectivity index (χ1) is 12.7. The summed E-state index contributed by atoms with van der Waals surface area (Å²) < 4.78 is 5.51. The first-order valence-corrected chi connectivity index (χ1v) is 10.5. The molecule has 1 aliphatic heterocycles. The molecule has 7 heteroatoms. The Morgan fingerprint density at radius 2 is 1.68 bits per heavy atom. The van der Waals surface area contributed by atoms with Crippen molar-refractivity contribution >= 4 is 5.97 Å². The second-order valence-electron chi connectivity index (χ2n) is 9.47. The summed E-state index contributed by atoms with van der Waals surface area (Å²) >= 11 is 0. The smallest absolute Gasteiger partial charge is 0.311 e. The van der Waals surface area contributed by atoms with E-state index >= 15 is 0 Å². The zero-order valence-electron chi connectivity index (χ0n) is 18.5. The number of carbonyl (C=O) groups excluding carboxylic acids is 1. The van der Waals surface area contributed by atoms with Gasteiger partial charge in [-0.1, -0.05) is 20.8 Å². The zero-order valence-corrected chi connectivity index (χ0v) is 18.5. The van der Waals surface area contributed by atoms with Crippen molar-refractivity contribution in [2.45, 2.75) is 103 Å². The van der Waals surface area contributed by atoms with E-state index in [2.05, 4.69) is 5.32 Å². The van der Waals surface area contributed by atoms with Crippen molar-refractivity contribution in [2.24, 2.45) is 17.8 Å². The minimum absolute atomic E-state index is 0.112. The fraction of sp³-hybridized carbons (Fsp3) is 0.952. The van der Waals surface area contributed by atoms with E-state index in [1.807, 2.05) is 13.8 Å². The van der Waals surface area contributed by atoms with Crippen molar-refractivity contribution < 1.29 is 30.0 Å². The molecule has 0 aromatic heterocycles. The number of hydrogen-bond donors (Lipinski definition) is 5. The van der Waals surface area contributed by atoms with E-state index in [1.165, 1.54) is 6.92 Å².